The molecule has 2 aliphatic rings. The van der Waals surface area contributed by atoms with Crippen LogP contribution in [0.1, 0.15) is 37.8 Å². The second-order valence-electron chi connectivity index (χ2n) is 5.36. The van der Waals surface area contributed by atoms with Gasteiger partial charge >= 0.3 is 0 Å². The molecule has 0 radical (unpaired) electrons. The minimum absolute atomic E-state index is 0.361. The summed E-state index contributed by atoms with van der Waals surface area (Å²) in [7, 11) is 0. The minimum atomic E-state index is 0.361. The molecule has 2 fully saturated rings. The zero-order valence-electron chi connectivity index (χ0n) is 10.4. The van der Waals surface area contributed by atoms with Crippen LogP contribution in [-0.4, -0.2) is 18.8 Å². The number of ether oxygens (including phenoxy) is 1. The number of rotatable bonds is 4. The molecule has 1 saturated heterocycles. The fourth-order valence-electron chi connectivity index (χ4n) is 2.78. The third-order valence-corrected chi connectivity index (χ3v) is 4.02. The number of nitrogens with one attached hydrogen (secondary N) is 1. The van der Waals surface area contributed by atoms with Crippen LogP contribution in [0.15, 0.2) is 30.3 Å². The van der Waals surface area contributed by atoms with Gasteiger partial charge in [0.15, 0.2) is 0 Å². The maximum atomic E-state index is 5.64. The van der Waals surface area contributed by atoms with Gasteiger partial charge in [-0.3, -0.25) is 0 Å². The summed E-state index contributed by atoms with van der Waals surface area (Å²) in [5, 5.41) is 3.82. The van der Waals surface area contributed by atoms with Crippen LogP contribution in [0.4, 0.5) is 0 Å². The van der Waals surface area contributed by atoms with Crippen molar-refractivity contribution in [2.24, 2.45) is 5.92 Å². The Morgan fingerprint density at radius 2 is 1.94 bits per heavy atom. The molecular weight excluding hydrogens is 210 g/mol. The lowest BCUT2D eigenvalue weighted by Gasteiger charge is -2.25. The summed E-state index contributed by atoms with van der Waals surface area (Å²) >= 11 is 0. The van der Waals surface area contributed by atoms with Gasteiger partial charge in [0.25, 0.3) is 0 Å². The van der Waals surface area contributed by atoms with Crippen LogP contribution < -0.4 is 5.32 Å². The molecule has 1 aromatic carbocycles. The molecule has 3 atom stereocenters. The summed E-state index contributed by atoms with van der Waals surface area (Å²) in [6, 6.07) is 11.9. The molecule has 17 heavy (non-hydrogen) atoms. The molecule has 0 amide bonds. The van der Waals surface area contributed by atoms with Crippen LogP contribution >= 0.6 is 0 Å². The lowest BCUT2D eigenvalue weighted by atomic mass is 10.00. The lowest BCUT2D eigenvalue weighted by Crippen LogP contribution is -2.38. The molecule has 92 valence electrons. The molecule has 3 rings (SSSR count). The first-order chi connectivity index (χ1) is 8.34. The van der Waals surface area contributed by atoms with Crippen LogP contribution in [0.3, 0.4) is 0 Å². The summed E-state index contributed by atoms with van der Waals surface area (Å²) < 4.78 is 5.64. The Labute approximate surface area is 103 Å². The molecule has 3 unspecified atom stereocenters. The van der Waals surface area contributed by atoms with Gasteiger partial charge in [-0.25, -0.2) is 0 Å². The summed E-state index contributed by atoms with van der Waals surface area (Å²) in [5.74, 6) is 0.838. The molecule has 1 aliphatic carbocycles. The second-order valence-corrected chi connectivity index (χ2v) is 5.36. The molecule has 1 N–H and O–H groups in total. The SMILES string of the molecule is CC1OCCC1NC(c1ccccc1)C1CC1. The van der Waals surface area contributed by atoms with E-state index in [4.69, 9.17) is 4.74 Å². The van der Waals surface area contributed by atoms with Crippen molar-refractivity contribution >= 4 is 0 Å². The Bertz CT molecular complexity index is 360. The van der Waals surface area contributed by atoms with Crippen molar-refractivity contribution in [2.75, 3.05) is 6.61 Å². The number of hydrogen-bond donors (Lipinski definition) is 1. The number of benzene rings is 1. The van der Waals surface area contributed by atoms with E-state index in [1.165, 1.54) is 18.4 Å². The normalized spacial score (nSPS) is 30.4. The molecule has 1 saturated carbocycles. The highest BCUT2D eigenvalue weighted by Crippen LogP contribution is 2.41. The number of hydrogen-bond acceptors (Lipinski definition) is 2. The highest BCUT2D eigenvalue weighted by Gasteiger charge is 2.35. The van der Waals surface area contributed by atoms with E-state index in [0.717, 1.165) is 18.9 Å². The monoisotopic (exact) mass is 231 g/mol. The summed E-state index contributed by atoms with van der Waals surface area (Å²) in [4.78, 5) is 0. The van der Waals surface area contributed by atoms with Gasteiger partial charge in [0.1, 0.15) is 0 Å². The van der Waals surface area contributed by atoms with Gasteiger partial charge in [0, 0.05) is 18.7 Å². The zero-order valence-corrected chi connectivity index (χ0v) is 10.4. The van der Waals surface area contributed by atoms with Crippen LogP contribution in [0.2, 0.25) is 0 Å². The summed E-state index contributed by atoms with van der Waals surface area (Å²) in [6.45, 7) is 3.09. The first-order valence-electron chi connectivity index (χ1n) is 6.77. The molecule has 2 nitrogen and oxygen atoms in total. The molecule has 1 heterocycles. The van der Waals surface area contributed by atoms with Crippen molar-refractivity contribution in [3.8, 4) is 0 Å². The van der Waals surface area contributed by atoms with E-state index >= 15 is 0 Å². The van der Waals surface area contributed by atoms with Crippen LogP contribution in [-0.2, 0) is 4.74 Å². The minimum Gasteiger partial charge on any atom is -0.377 e. The first-order valence-corrected chi connectivity index (χ1v) is 6.77. The Morgan fingerprint density at radius 1 is 1.18 bits per heavy atom. The zero-order chi connectivity index (χ0) is 11.7. The summed E-state index contributed by atoms with van der Waals surface area (Å²) in [6.07, 6.45) is 4.25. The average Bonchev–Trinajstić information content (AvgIpc) is 3.12. The van der Waals surface area contributed by atoms with E-state index in [-0.39, 0.29) is 0 Å². The second kappa shape index (κ2) is 4.79. The van der Waals surface area contributed by atoms with E-state index in [1.54, 1.807) is 0 Å². The first kappa shape index (κ1) is 11.2. The lowest BCUT2D eigenvalue weighted by molar-refractivity contribution is 0.110. The standard InChI is InChI=1S/C15H21NO/c1-11-14(9-10-17-11)16-15(13-7-8-13)12-5-3-2-4-6-12/h2-6,11,13-16H,7-10H2,1H3. The van der Waals surface area contributed by atoms with Crippen molar-refractivity contribution in [3.63, 3.8) is 0 Å². The fourth-order valence-corrected chi connectivity index (χ4v) is 2.78. The van der Waals surface area contributed by atoms with Crippen LogP contribution in [0.25, 0.3) is 0 Å². The predicted molar refractivity (Wildman–Crippen MR) is 68.9 cm³/mol. The Balaban J connectivity index is 1.72. The van der Waals surface area contributed by atoms with E-state index in [9.17, 15) is 0 Å². The van der Waals surface area contributed by atoms with E-state index in [0.29, 0.717) is 18.2 Å². The molecule has 0 aromatic heterocycles. The maximum absolute atomic E-state index is 5.64. The van der Waals surface area contributed by atoms with Gasteiger partial charge in [-0.05, 0) is 37.7 Å². The van der Waals surface area contributed by atoms with E-state index in [1.807, 2.05) is 0 Å². The van der Waals surface area contributed by atoms with Gasteiger partial charge in [0.2, 0.25) is 0 Å². The molecule has 1 aromatic rings. The van der Waals surface area contributed by atoms with Gasteiger partial charge < -0.3 is 10.1 Å². The molecular formula is C15H21NO. The van der Waals surface area contributed by atoms with Crippen molar-refractivity contribution in [2.45, 2.75) is 44.4 Å². The van der Waals surface area contributed by atoms with Crippen molar-refractivity contribution < 1.29 is 4.74 Å². The highest BCUT2D eigenvalue weighted by molar-refractivity contribution is 5.21. The Morgan fingerprint density at radius 3 is 2.53 bits per heavy atom. The van der Waals surface area contributed by atoms with Crippen molar-refractivity contribution in [1.82, 2.24) is 5.32 Å². The third-order valence-electron chi connectivity index (χ3n) is 4.02. The summed E-state index contributed by atoms with van der Waals surface area (Å²) in [5.41, 5.74) is 1.44. The van der Waals surface area contributed by atoms with Gasteiger partial charge in [-0.1, -0.05) is 30.3 Å². The Kier molecular flexibility index (Phi) is 3.17. The van der Waals surface area contributed by atoms with Crippen molar-refractivity contribution in [3.05, 3.63) is 35.9 Å². The molecule has 1 aliphatic heterocycles. The quantitative estimate of drug-likeness (QED) is 0.860. The highest BCUT2D eigenvalue weighted by atomic mass is 16.5. The van der Waals surface area contributed by atoms with Crippen LogP contribution in [0, 0.1) is 5.92 Å². The van der Waals surface area contributed by atoms with Gasteiger partial charge in [0.05, 0.1) is 6.10 Å². The average molecular weight is 231 g/mol. The smallest absolute Gasteiger partial charge is 0.0700 e. The van der Waals surface area contributed by atoms with E-state index < -0.39 is 0 Å². The third kappa shape index (κ3) is 2.53. The fraction of sp³-hybridized carbons (Fsp3) is 0.600. The largest absolute Gasteiger partial charge is 0.377 e. The van der Waals surface area contributed by atoms with Crippen molar-refractivity contribution in [1.29, 1.82) is 0 Å². The Hall–Kier alpha value is -0.860. The molecule has 0 bridgehead atoms. The molecule has 2 heteroatoms. The van der Waals surface area contributed by atoms with Crippen LogP contribution in [0.5, 0.6) is 0 Å². The van der Waals surface area contributed by atoms with Gasteiger partial charge in [-0.15, -0.1) is 0 Å². The molecule has 0 spiro atoms. The van der Waals surface area contributed by atoms with E-state index in [2.05, 4.69) is 42.6 Å². The predicted octanol–water partition coefficient (Wildman–Crippen LogP) is 2.90. The van der Waals surface area contributed by atoms with Gasteiger partial charge in [-0.2, -0.15) is 0 Å². The maximum Gasteiger partial charge on any atom is 0.0700 e. The topological polar surface area (TPSA) is 21.3 Å².